The van der Waals surface area contributed by atoms with Crippen LogP contribution in [0.2, 0.25) is 0 Å². The Morgan fingerprint density at radius 3 is 1.56 bits per heavy atom. The fraction of sp³-hybridized carbons (Fsp3) is 0. The van der Waals surface area contributed by atoms with Crippen molar-refractivity contribution in [2.75, 3.05) is 0 Å². The van der Waals surface area contributed by atoms with Crippen molar-refractivity contribution in [1.29, 1.82) is 10.5 Å². The molecule has 0 amide bonds. The van der Waals surface area contributed by atoms with Crippen LogP contribution in [0, 0.1) is 22.7 Å². The maximum absolute atomic E-state index is 10.1. The van der Waals surface area contributed by atoms with Gasteiger partial charge in [0.1, 0.15) is 0 Å². The van der Waals surface area contributed by atoms with Gasteiger partial charge in [0.2, 0.25) is 0 Å². The quantitative estimate of drug-likeness (QED) is 0.199. The molecule has 4 nitrogen and oxygen atoms in total. The third-order valence-corrected chi connectivity index (χ3v) is 9.36. The highest BCUT2D eigenvalue weighted by molar-refractivity contribution is 6.10. The molecule has 0 saturated carbocycles. The molecule has 0 atom stereocenters. The lowest BCUT2D eigenvalue weighted by Gasteiger charge is -2.15. The van der Waals surface area contributed by atoms with Crippen molar-refractivity contribution in [2.24, 2.45) is 0 Å². The Kier molecular flexibility index (Phi) is 6.22. The molecule has 0 unspecified atom stereocenters. The fourth-order valence-electron chi connectivity index (χ4n) is 7.23. The Morgan fingerprint density at radius 2 is 0.917 bits per heavy atom. The van der Waals surface area contributed by atoms with E-state index in [-0.39, 0.29) is 0 Å². The van der Waals surface area contributed by atoms with Gasteiger partial charge in [0.25, 0.3) is 0 Å². The Labute approximate surface area is 277 Å². The third kappa shape index (κ3) is 4.22. The third-order valence-electron chi connectivity index (χ3n) is 9.36. The van der Waals surface area contributed by atoms with Crippen LogP contribution in [0.25, 0.3) is 77.2 Å². The van der Waals surface area contributed by atoms with Crippen LogP contribution in [0.1, 0.15) is 11.1 Å². The number of para-hydroxylation sites is 4. The molecule has 0 aliphatic rings. The lowest BCUT2D eigenvalue weighted by atomic mass is 9.95. The second-order valence-corrected chi connectivity index (χ2v) is 12.0. The molecule has 0 fully saturated rings. The van der Waals surface area contributed by atoms with Crippen molar-refractivity contribution >= 4 is 43.6 Å². The van der Waals surface area contributed by atoms with Crippen molar-refractivity contribution < 1.29 is 0 Å². The average Bonchev–Trinajstić information content (AvgIpc) is 3.67. The highest BCUT2D eigenvalue weighted by atomic mass is 15.0. The monoisotopic (exact) mass is 610 g/mol. The Balaban J connectivity index is 1.19. The number of benzene rings is 7. The zero-order valence-corrected chi connectivity index (χ0v) is 25.8. The van der Waals surface area contributed by atoms with Crippen molar-refractivity contribution in [1.82, 2.24) is 9.13 Å². The molecule has 0 radical (unpaired) electrons. The summed E-state index contributed by atoms with van der Waals surface area (Å²) in [4.78, 5) is 0. The first-order valence-corrected chi connectivity index (χ1v) is 15.9. The van der Waals surface area contributed by atoms with Gasteiger partial charge in [0.05, 0.1) is 51.0 Å². The molecule has 9 rings (SSSR count). The van der Waals surface area contributed by atoms with Gasteiger partial charge in [-0.25, -0.2) is 0 Å². The van der Waals surface area contributed by atoms with Crippen LogP contribution in [0.4, 0.5) is 0 Å². The first-order chi connectivity index (χ1) is 23.7. The molecule has 0 spiro atoms. The lowest BCUT2D eigenvalue weighted by molar-refractivity contribution is 1.18. The molecule has 4 heteroatoms. The first-order valence-electron chi connectivity index (χ1n) is 15.9. The van der Waals surface area contributed by atoms with E-state index in [2.05, 4.69) is 137 Å². The number of nitriles is 2. The summed E-state index contributed by atoms with van der Waals surface area (Å²) in [5.74, 6) is 0. The van der Waals surface area contributed by atoms with E-state index in [0.717, 1.165) is 66.5 Å². The first kappa shape index (κ1) is 27.4. The van der Waals surface area contributed by atoms with E-state index in [9.17, 15) is 10.5 Å². The summed E-state index contributed by atoms with van der Waals surface area (Å²) >= 11 is 0. The summed E-state index contributed by atoms with van der Waals surface area (Å²) < 4.78 is 4.55. The Hall–Kier alpha value is -6.88. The fourth-order valence-corrected chi connectivity index (χ4v) is 7.23. The van der Waals surface area contributed by atoms with Gasteiger partial charge in [-0.1, -0.05) is 91.0 Å². The van der Waals surface area contributed by atoms with Crippen LogP contribution >= 0.6 is 0 Å². The van der Waals surface area contributed by atoms with E-state index in [1.165, 1.54) is 10.8 Å². The van der Waals surface area contributed by atoms with Gasteiger partial charge >= 0.3 is 0 Å². The zero-order chi connectivity index (χ0) is 32.2. The van der Waals surface area contributed by atoms with Crippen LogP contribution < -0.4 is 0 Å². The van der Waals surface area contributed by atoms with Gasteiger partial charge < -0.3 is 9.13 Å². The number of fused-ring (bicyclic) bond motifs is 6. The molecule has 0 N–H and O–H groups in total. The summed E-state index contributed by atoms with van der Waals surface area (Å²) in [7, 11) is 0. The van der Waals surface area contributed by atoms with Crippen LogP contribution in [0.15, 0.2) is 158 Å². The molecule has 2 aromatic heterocycles. The maximum Gasteiger partial charge on any atom is 0.0992 e. The number of aromatic nitrogens is 2. The van der Waals surface area contributed by atoms with Gasteiger partial charge in [-0.3, -0.25) is 0 Å². The van der Waals surface area contributed by atoms with Gasteiger partial charge in [0.15, 0.2) is 0 Å². The molecule has 48 heavy (non-hydrogen) atoms. The summed E-state index contributed by atoms with van der Waals surface area (Å²) in [6.45, 7) is 0. The minimum absolute atomic E-state index is 0.607. The molecule has 222 valence electrons. The summed E-state index contributed by atoms with van der Waals surface area (Å²) in [6, 6.07) is 59.0. The number of hydrogen-bond donors (Lipinski definition) is 0. The van der Waals surface area contributed by atoms with E-state index >= 15 is 0 Å². The van der Waals surface area contributed by atoms with Crippen LogP contribution in [0.5, 0.6) is 0 Å². The molecule has 0 aliphatic heterocycles. The molecule has 0 bridgehead atoms. The molecule has 0 saturated heterocycles. The maximum atomic E-state index is 10.1. The largest absolute Gasteiger partial charge is 0.309 e. The summed E-state index contributed by atoms with van der Waals surface area (Å²) in [5, 5.41) is 24.5. The average molecular weight is 611 g/mol. The van der Waals surface area contributed by atoms with Gasteiger partial charge in [-0.2, -0.15) is 10.5 Å². The molecule has 7 aromatic carbocycles. The van der Waals surface area contributed by atoms with E-state index in [1.54, 1.807) is 0 Å². The predicted molar refractivity (Wildman–Crippen MR) is 195 cm³/mol. The van der Waals surface area contributed by atoms with Gasteiger partial charge in [-0.15, -0.1) is 0 Å². The molecular formula is C44H26N4. The van der Waals surface area contributed by atoms with Gasteiger partial charge in [-0.05, 0) is 83.4 Å². The standard InChI is InChI=1S/C44H26N4/c45-27-29-17-22-39-38-12-2-6-14-41(38)47(44(39)25-29)34-20-18-31(19-21-34)32-23-30(28-46)24-33(26-32)35-9-1-5-13-40(35)48-42-15-7-3-10-36(42)37-11-4-8-16-43(37)48/h1-26H. The van der Waals surface area contributed by atoms with Crippen molar-refractivity contribution in [3.63, 3.8) is 0 Å². The number of nitrogens with zero attached hydrogens (tertiary/aromatic N) is 4. The minimum Gasteiger partial charge on any atom is -0.309 e. The van der Waals surface area contributed by atoms with E-state index in [4.69, 9.17) is 0 Å². The molecular weight excluding hydrogens is 585 g/mol. The number of rotatable bonds is 4. The van der Waals surface area contributed by atoms with Crippen molar-refractivity contribution in [3.8, 4) is 45.8 Å². The second kappa shape index (κ2) is 10.9. The zero-order valence-electron chi connectivity index (χ0n) is 25.8. The highest BCUT2D eigenvalue weighted by Gasteiger charge is 2.17. The summed E-state index contributed by atoms with van der Waals surface area (Å²) in [5.41, 5.74) is 11.7. The summed E-state index contributed by atoms with van der Waals surface area (Å²) in [6.07, 6.45) is 0. The SMILES string of the molecule is N#Cc1cc(-c2ccc(-n3c4ccccc4c4ccc(C#N)cc43)cc2)cc(-c2ccccc2-n2c3ccccc3c3ccccc32)c1. The minimum atomic E-state index is 0.607. The second-order valence-electron chi connectivity index (χ2n) is 12.0. The normalized spacial score (nSPS) is 11.3. The Bertz CT molecular complexity index is 2750. The van der Waals surface area contributed by atoms with Crippen LogP contribution in [-0.2, 0) is 0 Å². The van der Waals surface area contributed by atoms with Gasteiger partial charge in [0, 0.05) is 32.8 Å². The smallest absolute Gasteiger partial charge is 0.0992 e. The van der Waals surface area contributed by atoms with Crippen molar-refractivity contribution in [3.05, 3.63) is 169 Å². The molecule has 2 heterocycles. The van der Waals surface area contributed by atoms with Crippen molar-refractivity contribution in [2.45, 2.75) is 0 Å². The number of hydrogen-bond acceptors (Lipinski definition) is 2. The predicted octanol–water partition coefficient (Wildman–Crippen LogP) is 11.0. The van der Waals surface area contributed by atoms with Crippen LogP contribution in [0.3, 0.4) is 0 Å². The molecule has 9 aromatic rings. The highest BCUT2D eigenvalue weighted by Crippen LogP contribution is 2.38. The van der Waals surface area contributed by atoms with E-state index in [0.29, 0.717) is 11.1 Å². The topological polar surface area (TPSA) is 57.4 Å². The van der Waals surface area contributed by atoms with E-state index < -0.39 is 0 Å². The Morgan fingerprint density at radius 1 is 0.375 bits per heavy atom. The van der Waals surface area contributed by atoms with Crippen LogP contribution in [-0.4, -0.2) is 9.13 Å². The lowest BCUT2D eigenvalue weighted by Crippen LogP contribution is -1.97. The van der Waals surface area contributed by atoms with E-state index in [1.807, 2.05) is 42.5 Å². The molecule has 0 aliphatic carbocycles.